The Kier molecular flexibility index (Phi) is 2.61. The van der Waals surface area contributed by atoms with Crippen molar-refractivity contribution in [2.24, 2.45) is 16.6 Å². The minimum atomic E-state index is -1.50. The normalized spacial score (nSPS) is 34.9. The molecule has 0 bridgehead atoms. The van der Waals surface area contributed by atoms with E-state index in [-0.39, 0.29) is 24.7 Å². The minimum Gasteiger partial charge on any atom is -0.311 e. The summed E-state index contributed by atoms with van der Waals surface area (Å²) >= 11 is 0. The van der Waals surface area contributed by atoms with E-state index in [2.05, 4.69) is 17.1 Å². The van der Waals surface area contributed by atoms with E-state index in [0.717, 1.165) is 0 Å². The first kappa shape index (κ1) is 14.6. The maximum atomic E-state index is 11.0. The van der Waals surface area contributed by atoms with Crippen LogP contribution in [-0.2, 0) is 9.47 Å². The molecule has 3 atom stereocenters. The van der Waals surface area contributed by atoms with Crippen LogP contribution in [0.1, 0.15) is 11.5 Å². The summed E-state index contributed by atoms with van der Waals surface area (Å²) in [6.07, 6.45) is 0. The van der Waals surface area contributed by atoms with Crippen molar-refractivity contribution in [2.45, 2.75) is 11.8 Å². The number of nitrogens with zero attached hydrogens (tertiary/aromatic N) is 3. The van der Waals surface area contributed by atoms with E-state index in [1.54, 1.807) is 6.07 Å². The van der Waals surface area contributed by atoms with E-state index in [9.17, 15) is 20.6 Å². The van der Waals surface area contributed by atoms with Gasteiger partial charge in [0.05, 0.1) is 30.3 Å². The molecule has 1 saturated carbocycles. The monoisotopic (exact) mass is 326 g/mol. The fourth-order valence-corrected chi connectivity index (χ4v) is 4.14. The van der Waals surface area contributed by atoms with Crippen LogP contribution in [0.5, 0.6) is 0 Å². The van der Waals surface area contributed by atoms with Crippen molar-refractivity contribution in [3.05, 3.63) is 39.9 Å². The van der Waals surface area contributed by atoms with Crippen LogP contribution in [0.25, 0.3) is 0 Å². The molecule has 3 aliphatic rings. The van der Waals surface area contributed by atoms with Gasteiger partial charge in [0.1, 0.15) is 0 Å². The van der Waals surface area contributed by atoms with Gasteiger partial charge in [0, 0.05) is 18.1 Å². The molecule has 1 spiro atoms. The molecule has 0 unspecified atom stereocenters. The first-order chi connectivity index (χ1) is 11.5. The van der Waals surface area contributed by atoms with Gasteiger partial charge in [-0.15, -0.1) is 0 Å². The van der Waals surface area contributed by atoms with Crippen LogP contribution in [0.15, 0.2) is 24.3 Å². The first-order valence-corrected chi connectivity index (χ1v) is 7.25. The van der Waals surface area contributed by atoms with Crippen molar-refractivity contribution < 1.29 is 19.4 Å². The van der Waals surface area contributed by atoms with Crippen LogP contribution in [-0.4, -0.2) is 29.9 Å². The molecule has 0 aromatic heterocycles. The molecule has 9 nitrogen and oxygen atoms in total. The fraction of sp³-hybridized carbons (Fsp3) is 0.400. The van der Waals surface area contributed by atoms with E-state index >= 15 is 0 Å². The molecule has 1 aromatic rings. The first-order valence-electron chi connectivity index (χ1n) is 7.25. The highest BCUT2D eigenvalue weighted by Crippen LogP contribution is 2.79. The number of nitrogens with two attached hydrogens (primary N) is 1. The number of hydrogen-bond acceptors (Lipinski definition) is 7. The van der Waals surface area contributed by atoms with E-state index in [1.807, 2.05) is 0 Å². The predicted octanol–water partition coefficient (Wildman–Crippen LogP) is -1.14. The van der Waals surface area contributed by atoms with Gasteiger partial charge in [0.2, 0.25) is 0 Å². The number of fused-ring (bicyclic) bond motifs is 2. The van der Waals surface area contributed by atoms with Gasteiger partial charge in [-0.25, -0.2) is 4.99 Å². The SMILES string of the molecule is N#C[C@@]12C(N)=[NH+]C3(OCCO3)[C@]1(C#N)[C@@H]2c1cccc([N+](=O)[O-])c1. The van der Waals surface area contributed by atoms with E-state index in [1.165, 1.54) is 18.2 Å². The van der Waals surface area contributed by atoms with Crippen LogP contribution in [0.2, 0.25) is 0 Å². The fourth-order valence-electron chi connectivity index (χ4n) is 4.14. The number of hydrogen-bond donors (Lipinski definition) is 2. The molecule has 120 valence electrons. The molecule has 9 heteroatoms. The molecule has 1 aliphatic carbocycles. The summed E-state index contributed by atoms with van der Waals surface area (Å²) in [5.41, 5.74) is 3.65. The Bertz CT molecular complexity index is 879. The summed E-state index contributed by atoms with van der Waals surface area (Å²) < 4.78 is 11.3. The van der Waals surface area contributed by atoms with Crippen LogP contribution in [0.3, 0.4) is 0 Å². The zero-order valence-corrected chi connectivity index (χ0v) is 12.4. The number of nitro groups is 1. The lowest BCUT2D eigenvalue weighted by Gasteiger charge is -2.23. The van der Waals surface area contributed by atoms with Crippen LogP contribution >= 0.6 is 0 Å². The van der Waals surface area contributed by atoms with Gasteiger partial charge >= 0.3 is 5.91 Å². The molecule has 1 saturated heterocycles. The third-order valence-electron chi connectivity index (χ3n) is 5.11. The highest BCUT2D eigenvalue weighted by atomic mass is 16.8. The molecule has 2 aliphatic heterocycles. The van der Waals surface area contributed by atoms with Crippen LogP contribution in [0, 0.1) is 43.6 Å². The maximum absolute atomic E-state index is 11.0. The van der Waals surface area contributed by atoms with Crippen molar-refractivity contribution in [3.8, 4) is 12.1 Å². The van der Waals surface area contributed by atoms with Gasteiger partial charge in [0.15, 0.2) is 10.8 Å². The Labute approximate surface area is 136 Å². The number of non-ortho nitro benzene ring substituents is 1. The lowest BCUT2D eigenvalue weighted by Crippen LogP contribution is -2.89. The second-order valence-electron chi connectivity index (χ2n) is 5.98. The van der Waals surface area contributed by atoms with Gasteiger partial charge in [-0.05, 0) is 5.56 Å². The van der Waals surface area contributed by atoms with Crippen molar-refractivity contribution in [1.82, 2.24) is 0 Å². The van der Waals surface area contributed by atoms with Crippen LogP contribution in [0.4, 0.5) is 5.69 Å². The molecule has 0 amide bonds. The summed E-state index contributed by atoms with van der Waals surface area (Å²) in [5, 5.41) is 30.8. The standard InChI is InChI=1S/C15H11N5O4/c16-7-13-11(9-2-1-3-10(6-9)20(21)22)14(13,8-17)15(19-12(13)18)23-4-5-24-15/h1-3,6,11H,4-5H2,(H2,18,19)/p+1/t11-,13-,14-/m1/s1. The second-order valence-corrected chi connectivity index (χ2v) is 5.98. The zero-order valence-electron chi connectivity index (χ0n) is 12.4. The van der Waals surface area contributed by atoms with Gasteiger partial charge in [-0.1, -0.05) is 12.1 Å². The van der Waals surface area contributed by atoms with Gasteiger partial charge in [-0.2, -0.15) is 10.5 Å². The zero-order chi connectivity index (χ0) is 17.2. The Morgan fingerprint density at radius 3 is 2.62 bits per heavy atom. The Morgan fingerprint density at radius 1 is 1.33 bits per heavy atom. The quantitative estimate of drug-likeness (QED) is 0.515. The number of benzene rings is 1. The molecule has 0 radical (unpaired) electrons. The Balaban J connectivity index is 1.91. The third-order valence-corrected chi connectivity index (χ3v) is 5.11. The van der Waals surface area contributed by atoms with Crippen LogP contribution < -0.4 is 10.7 Å². The molecule has 3 N–H and O–H groups in total. The number of nitriles is 2. The highest BCUT2D eigenvalue weighted by molar-refractivity contribution is 5.95. The average Bonchev–Trinajstić information content (AvgIpc) is 2.84. The summed E-state index contributed by atoms with van der Waals surface area (Å²) in [5.74, 6) is -2.10. The van der Waals surface area contributed by atoms with Crippen molar-refractivity contribution in [1.29, 1.82) is 10.5 Å². The summed E-state index contributed by atoms with van der Waals surface area (Å²) in [7, 11) is 0. The van der Waals surface area contributed by atoms with Gasteiger partial charge in [0.25, 0.3) is 11.5 Å². The summed E-state index contributed by atoms with van der Waals surface area (Å²) in [6, 6.07) is 10.2. The number of amidine groups is 1. The molecular formula is C15H12N5O4+. The van der Waals surface area contributed by atoms with E-state index in [0.29, 0.717) is 5.56 Å². The smallest absolute Gasteiger partial charge is 0.311 e. The second kappa shape index (κ2) is 4.29. The minimum absolute atomic E-state index is 0.0879. The highest BCUT2D eigenvalue weighted by Gasteiger charge is 2.97. The molecule has 2 heterocycles. The van der Waals surface area contributed by atoms with E-state index < -0.39 is 27.6 Å². The maximum Gasteiger partial charge on any atom is 0.343 e. The molecule has 2 fully saturated rings. The predicted molar refractivity (Wildman–Crippen MR) is 76.7 cm³/mol. The molecule has 4 rings (SSSR count). The average molecular weight is 326 g/mol. The number of ether oxygens (including phenoxy) is 2. The summed E-state index contributed by atoms with van der Waals surface area (Å²) in [6.45, 7) is 0.514. The van der Waals surface area contributed by atoms with Gasteiger partial charge < -0.3 is 9.47 Å². The molecule has 1 aromatic carbocycles. The lowest BCUT2D eigenvalue weighted by molar-refractivity contribution is -0.676. The number of nitrogens with one attached hydrogen (secondary N) is 1. The van der Waals surface area contributed by atoms with E-state index in [4.69, 9.17) is 15.2 Å². The number of rotatable bonds is 2. The Hall–Kier alpha value is -3.01. The molecule has 24 heavy (non-hydrogen) atoms. The third kappa shape index (κ3) is 1.29. The Morgan fingerprint density at radius 2 is 2.04 bits per heavy atom. The molecular weight excluding hydrogens is 314 g/mol. The largest absolute Gasteiger partial charge is 0.343 e. The topological polar surface area (TPSA) is 149 Å². The van der Waals surface area contributed by atoms with Crippen molar-refractivity contribution in [2.75, 3.05) is 13.2 Å². The van der Waals surface area contributed by atoms with Gasteiger partial charge in [-0.3, -0.25) is 15.8 Å². The summed E-state index contributed by atoms with van der Waals surface area (Å²) in [4.78, 5) is 13.3. The number of nitro benzene ring substituents is 1. The lowest BCUT2D eigenvalue weighted by atomic mass is 9.94. The van der Waals surface area contributed by atoms with Crippen molar-refractivity contribution in [3.63, 3.8) is 0 Å². The van der Waals surface area contributed by atoms with Crippen molar-refractivity contribution >= 4 is 11.5 Å².